The molecule has 1 saturated heterocycles. The zero-order valence-electron chi connectivity index (χ0n) is 18.5. The molecule has 5 rings (SSSR count). The summed E-state index contributed by atoms with van der Waals surface area (Å²) in [5.41, 5.74) is 3.49. The highest BCUT2D eigenvalue weighted by Gasteiger charge is 2.50. The number of nitrogens with zero attached hydrogens (tertiary/aromatic N) is 1. The number of aliphatic carboxylic acids is 1. The largest absolute Gasteiger partial charge is 0.480 e. The molecular formula is C26H28N2O5. The fourth-order valence-electron chi connectivity index (χ4n) is 5.46. The first-order valence-corrected chi connectivity index (χ1v) is 11.7. The Morgan fingerprint density at radius 3 is 2.18 bits per heavy atom. The maximum atomic E-state index is 13.3. The van der Waals surface area contributed by atoms with Crippen LogP contribution >= 0.6 is 0 Å². The molecule has 33 heavy (non-hydrogen) atoms. The molecule has 0 aromatic heterocycles. The van der Waals surface area contributed by atoms with Gasteiger partial charge in [-0.3, -0.25) is 4.79 Å². The van der Waals surface area contributed by atoms with Crippen molar-refractivity contribution in [2.24, 2.45) is 0 Å². The van der Waals surface area contributed by atoms with E-state index in [9.17, 15) is 19.5 Å². The standard InChI is InChI=1S/C26H28N2O5/c29-23(30)22-12-5-6-15-28(22)24(31)26(13-7-14-26)27-25(32)33-16-21-19-10-3-1-8-17(19)18-9-2-4-11-20(18)21/h1-4,8-11,21-22H,5-7,12-16H2,(H,27,32)(H,29,30)/t22-/m1/s1. The SMILES string of the molecule is O=C(NC1(C(=O)N2CCCC[C@@H]2C(=O)O)CCC1)OCC1c2ccccc2-c2ccccc21. The maximum Gasteiger partial charge on any atom is 0.408 e. The van der Waals surface area contributed by atoms with Crippen LogP contribution in [0.5, 0.6) is 0 Å². The Morgan fingerprint density at radius 2 is 1.61 bits per heavy atom. The molecule has 3 aliphatic rings. The number of hydrogen-bond acceptors (Lipinski definition) is 4. The highest BCUT2D eigenvalue weighted by Crippen LogP contribution is 2.44. The number of carboxylic acids is 1. The third-order valence-corrected chi connectivity index (χ3v) is 7.35. The normalized spacial score (nSPS) is 20.8. The van der Waals surface area contributed by atoms with Crippen LogP contribution in [-0.4, -0.2) is 52.7 Å². The smallest absolute Gasteiger partial charge is 0.408 e. The van der Waals surface area contributed by atoms with Crippen molar-refractivity contribution in [3.8, 4) is 11.1 Å². The number of fused-ring (bicyclic) bond motifs is 3. The van der Waals surface area contributed by atoms with E-state index in [2.05, 4.69) is 29.6 Å². The van der Waals surface area contributed by atoms with E-state index in [1.807, 2.05) is 24.3 Å². The Morgan fingerprint density at radius 1 is 0.970 bits per heavy atom. The van der Waals surface area contributed by atoms with Gasteiger partial charge in [-0.25, -0.2) is 9.59 Å². The molecule has 7 heteroatoms. The van der Waals surface area contributed by atoms with Gasteiger partial charge in [0.2, 0.25) is 5.91 Å². The Bertz CT molecular complexity index is 1050. The molecule has 7 nitrogen and oxygen atoms in total. The molecule has 2 amide bonds. The molecule has 1 atom stereocenters. The van der Waals surface area contributed by atoms with Gasteiger partial charge in [0.1, 0.15) is 18.2 Å². The van der Waals surface area contributed by atoms with Gasteiger partial charge in [-0.15, -0.1) is 0 Å². The van der Waals surface area contributed by atoms with Crippen LogP contribution in [0.1, 0.15) is 55.6 Å². The average molecular weight is 449 g/mol. The molecule has 0 unspecified atom stereocenters. The number of benzene rings is 2. The van der Waals surface area contributed by atoms with E-state index in [4.69, 9.17) is 4.74 Å². The first-order chi connectivity index (χ1) is 16.0. The Kier molecular flexibility index (Phi) is 5.56. The maximum absolute atomic E-state index is 13.3. The summed E-state index contributed by atoms with van der Waals surface area (Å²) in [5, 5.41) is 12.4. The van der Waals surface area contributed by atoms with Gasteiger partial charge in [-0.05, 0) is 60.8 Å². The molecular weight excluding hydrogens is 420 g/mol. The molecule has 2 aromatic rings. The topological polar surface area (TPSA) is 95.9 Å². The van der Waals surface area contributed by atoms with Crippen LogP contribution in [0.4, 0.5) is 4.79 Å². The zero-order valence-corrected chi connectivity index (χ0v) is 18.5. The lowest BCUT2D eigenvalue weighted by Crippen LogP contribution is -2.66. The van der Waals surface area contributed by atoms with Crippen LogP contribution in [0, 0.1) is 0 Å². The minimum atomic E-state index is -1.06. The Hall–Kier alpha value is -3.35. The number of hydrogen-bond donors (Lipinski definition) is 2. The number of nitrogens with one attached hydrogen (secondary N) is 1. The van der Waals surface area contributed by atoms with Gasteiger partial charge in [0.25, 0.3) is 0 Å². The number of amides is 2. The fourth-order valence-corrected chi connectivity index (χ4v) is 5.46. The Labute approximate surface area is 192 Å². The van der Waals surface area contributed by atoms with Gasteiger partial charge >= 0.3 is 12.1 Å². The summed E-state index contributed by atoms with van der Waals surface area (Å²) >= 11 is 0. The van der Waals surface area contributed by atoms with E-state index in [-0.39, 0.29) is 18.4 Å². The highest BCUT2D eigenvalue weighted by molar-refractivity contribution is 5.93. The summed E-state index contributed by atoms with van der Waals surface area (Å²) in [5.74, 6) is -1.34. The summed E-state index contributed by atoms with van der Waals surface area (Å²) in [7, 11) is 0. The highest BCUT2D eigenvalue weighted by atomic mass is 16.5. The molecule has 1 aliphatic heterocycles. The number of carboxylic acid groups (broad SMARTS) is 1. The average Bonchev–Trinajstić information content (AvgIpc) is 3.13. The van der Waals surface area contributed by atoms with Gasteiger partial charge in [0.15, 0.2) is 0 Å². The summed E-state index contributed by atoms with van der Waals surface area (Å²) in [6.07, 6.45) is 3.18. The quantitative estimate of drug-likeness (QED) is 0.723. The number of carbonyl (C=O) groups is 3. The van der Waals surface area contributed by atoms with Crippen LogP contribution in [0.15, 0.2) is 48.5 Å². The fraction of sp³-hybridized carbons (Fsp3) is 0.423. The second-order valence-corrected chi connectivity index (χ2v) is 9.23. The van der Waals surface area contributed by atoms with E-state index in [1.165, 1.54) is 4.90 Å². The van der Waals surface area contributed by atoms with Crippen molar-refractivity contribution in [1.29, 1.82) is 0 Å². The van der Waals surface area contributed by atoms with Crippen molar-refractivity contribution in [2.45, 2.75) is 56.0 Å². The zero-order chi connectivity index (χ0) is 23.0. The summed E-state index contributed by atoms with van der Waals surface area (Å²) in [6, 6.07) is 15.4. The number of piperidine rings is 1. The van der Waals surface area contributed by atoms with E-state index in [1.54, 1.807) is 0 Å². The van der Waals surface area contributed by atoms with Crippen molar-refractivity contribution < 1.29 is 24.2 Å². The van der Waals surface area contributed by atoms with Crippen LogP contribution in [-0.2, 0) is 14.3 Å². The van der Waals surface area contributed by atoms with Gasteiger partial charge in [-0.2, -0.15) is 0 Å². The summed E-state index contributed by atoms with van der Waals surface area (Å²) in [6.45, 7) is 0.579. The minimum absolute atomic E-state index is 0.0605. The molecule has 0 radical (unpaired) electrons. The van der Waals surface area contributed by atoms with Crippen molar-refractivity contribution in [1.82, 2.24) is 10.2 Å². The molecule has 2 fully saturated rings. The lowest BCUT2D eigenvalue weighted by Gasteiger charge is -2.46. The van der Waals surface area contributed by atoms with Gasteiger partial charge in [0.05, 0.1) is 0 Å². The molecule has 0 spiro atoms. The first-order valence-electron chi connectivity index (χ1n) is 11.7. The molecule has 2 aliphatic carbocycles. The lowest BCUT2D eigenvalue weighted by molar-refractivity contribution is -0.157. The van der Waals surface area contributed by atoms with Gasteiger partial charge < -0.3 is 20.1 Å². The van der Waals surface area contributed by atoms with Crippen LogP contribution in [0.3, 0.4) is 0 Å². The number of ether oxygens (including phenoxy) is 1. The number of alkyl carbamates (subject to hydrolysis) is 1. The molecule has 2 N–H and O–H groups in total. The van der Waals surface area contributed by atoms with Crippen molar-refractivity contribution >= 4 is 18.0 Å². The minimum Gasteiger partial charge on any atom is -0.480 e. The number of rotatable bonds is 5. The summed E-state index contributed by atoms with van der Waals surface area (Å²) < 4.78 is 5.65. The molecule has 2 aromatic carbocycles. The van der Waals surface area contributed by atoms with Crippen LogP contribution < -0.4 is 5.32 Å². The molecule has 0 bridgehead atoms. The van der Waals surface area contributed by atoms with Crippen molar-refractivity contribution in [3.05, 3.63) is 59.7 Å². The van der Waals surface area contributed by atoms with Crippen molar-refractivity contribution in [2.75, 3.05) is 13.2 Å². The Balaban J connectivity index is 1.28. The first kappa shape index (κ1) is 21.5. The van der Waals surface area contributed by atoms with E-state index in [0.717, 1.165) is 41.5 Å². The van der Waals surface area contributed by atoms with E-state index in [0.29, 0.717) is 25.8 Å². The van der Waals surface area contributed by atoms with E-state index < -0.39 is 23.6 Å². The second-order valence-electron chi connectivity index (χ2n) is 9.23. The predicted octanol–water partition coefficient (Wildman–Crippen LogP) is 3.91. The number of likely N-dealkylation sites (tertiary alicyclic amines) is 1. The number of carbonyl (C=O) groups excluding carboxylic acids is 2. The lowest BCUT2D eigenvalue weighted by atomic mass is 9.75. The van der Waals surface area contributed by atoms with Crippen molar-refractivity contribution in [3.63, 3.8) is 0 Å². The van der Waals surface area contributed by atoms with Crippen LogP contribution in [0.25, 0.3) is 11.1 Å². The molecule has 1 heterocycles. The monoisotopic (exact) mass is 448 g/mol. The molecule has 1 saturated carbocycles. The predicted molar refractivity (Wildman–Crippen MR) is 122 cm³/mol. The summed E-state index contributed by atoms with van der Waals surface area (Å²) in [4.78, 5) is 39.3. The van der Waals surface area contributed by atoms with Gasteiger partial charge in [0, 0.05) is 12.5 Å². The third kappa shape index (κ3) is 3.75. The van der Waals surface area contributed by atoms with Gasteiger partial charge in [-0.1, -0.05) is 48.5 Å². The molecule has 172 valence electrons. The van der Waals surface area contributed by atoms with Crippen LogP contribution in [0.2, 0.25) is 0 Å². The second kappa shape index (κ2) is 8.54. The third-order valence-electron chi connectivity index (χ3n) is 7.35. The van der Waals surface area contributed by atoms with E-state index >= 15 is 0 Å².